The highest BCUT2D eigenvalue weighted by molar-refractivity contribution is 6.36. The molecule has 0 N–H and O–H groups in total. The smallest absolute Gasteiger partial charge is 0.268 e. The lowest BCUT2D eigenvalue weighted by Crippen LogP contribution is -2.22. The van der Waals surface area contributed by atoms with Gasteiger partial charge in [-0.3, -0.25) is 14.2 Å². The average Bonchev–Trinajstić information content (AvgIpc) is 2.90. The van der Waals surface area contributed by atoms with Crippen LogP contribution in [0.25, 0.3) is 27.6 Å². The van der Waals surface area contributed by atoms with Crippen molar-refractivity contribution in [2.75, 3.05) is 0 Å². The van der Waals surface area contributed by atoms with Gasteiger partial charge in [-0.1, -0.05) is 29.8 Å². The van der Waals surface area contributed by atoms with Crippen LogP contribution in [0.1, 0.15) is 16.2 Å². The molecule has 5 rings (SSSR count). The van der Waals surface area contributed by atoms with Crippen LogP contribution in [0.4, 0.5) is 4.39 Å². The van der Waals surface area contributed by atoms with Gasteiger partial charge >= 0.3 is 0 Å². The van der Waals surface area contributed by atoms with E-state index in [2.05, 4.69) is 9.97 Å². The first-order valence-corrected chi connectivity index (χ1v) is 7.79. The molecule has 4 aromatic rings. The Hall–Kier alpha value is -3.12. The summed E-state index contributed by atoms with van der Waals surface area (Å²) < 4.78 is 14.9. The van der Waals surface area contributed by atoms with E-state index in [0.29, 0.717) is 5.52 Å². The number of para-hydroxylation sites is 1. The molecule has 2 aromatic heterocycles. The van der Waals surface area contributed by atoms with Gasteiger partial charge in [0.15, 0.2) is 11.5 Å². The van der Waals surface area contributed by atoms with Gasteiger partial charge in [0.1, 0.15) is 5.82 Å². The highest BCUT2D eigenvalue weighted by atomic mass is 35.5. The molecular formula is C18H7ClFN3O2. The summed E-state index contributed by atoms with van der Waals surface area (Å²) in [5.41, 5.74) is 0.588. The van der Waals surface area contributed by atoms with Gasteiger partial charge in [-0.15, -0.1) is 0 Å². The summed E-state index contributed by atoms with van der Waals surface area (Å²) in [6.07, 6.45) is 0. The van der Waals surface area contributed by atoms with Crippen molar-refractivity contribution in [2.45, 2.75) is 0 Å². The summed E-state index contributed by atoms with van der Waals surface area (Å²) in [5.74, 6) is -1.42. The lowest BCUT2D eigenvalue weighted by Gasteiger charge is -2.06. The largest absolute Gasteiger partial charge is 0.285 e. The van der Waals surface area contributed by atoms with Crippen LogP contribution in [0.3, 0.4) is 0 Å². The Morgan fingerprint density at radius 2 is 1.84 bits per heavy atom. The van der Waals surface area contributed by atoms with Crippen molar-refractivity contribution < 1.29 is 9.18 Å². The third-order valence-corrected chi connectivity index (χ3v) is 4.67. The second-order valence-corrected chi connectivity index (χ2v) is 6.09. The standard InChI is InChI=1S/C18H7ClFN3O2/c19-14-10(20)5-6-12-13(14)15(24)17-22-16-9(18(25)23(12)17)7-8-3-1-2-4-11(8)21-16/h1-7H. The molecule has 120 valence electrons. The van der Waals surface area contributed by atoms with E-state index in [1.807, 2.05) is 18.2 Å². The Bertz CT molecular complexity index is 1310. The van der Waals surface area contributed by atoms with Gasteiger partial charge < -0.3 is 0 Å². The van der Waals surface area contributed by atoms with Crippen LogP contribution in [0, 0.1) is 5.82 Å². The number of ketones is 1. The van der Waals surface area contributed by atoms with Crippen molar-refractivity contribution in [1.29, 1.82) is 0 Å². The van der Waals surface area contributed by atoms with E-state index in [0.717, 1.165) is 11.5 Å². The summed E-state index contributed by atoms with van der Waals surface area (Å²) in [5, 5.41) is 0.759. The molecular weight excluding hydrogens is 345 g/mol. The highest BCUT2D eigenvalue weighted by Gasteiger charge is 2.33. The minimum absolute atomic E-state index is 0.0499. The third kappa shape index (κ3) is 1.77. The molecule has 5 nitrogen and oxygen atoms in total. The number of fused-ring (bicyclic) bond motifs is 5. The second kappa shape index (κ2) is 4.70. The number of aromatic nitrogens is 3. The van der Waals surface area contributed by atoms with Crippen molar-refractivity contribution in [3.8, 4) is 5.69 Å². The molecule has 1 aliphatic heterocycles. The molecule has 0 fully saturated rings. The lowest BCUT2D eigenvalue weighted by atomic mass is 10.1. The minimum Gasteiger partial charge on any atom is -0.285 e. The molecule has 0 amide bonds. The van der Waals surface area contributed by atoms with Crippen molar-refractivity contribution >= 4 is 39.3 Å². The van der Waals surface area contributed by atoms with Gasteiger partial charge in [0.25, 0.3) is 5.56 Å². The Morgan fingerprint density at radius 1 is 1.04 bits per heavy atom. The predicted molar refractivity (Wildman–Crippen MR) is 91.0 cm³/mol. The molecule has 0 spiro atoms. The van der Waals surface area contributed by atoms with Crippen LogP contribution in [0.5, 0.6) is 0 Å². The highest BCUT2D eigenvalue weighted by Crippen LogP contribution is 2.33. The normalized spacial score (nSPS) is 12.6. The summed E-state index contributed by atoms with van der Waals surface area (Å²) >= 11 is 5.94. The molecule has 1 aliphatic rings. The fourth-order valence-electron chi connectivity index (χ4n) is 3.15. The Labute approximate surface area is 144 Å². The first-order chi connectivity index (χ1) is 12.1. The fourth-order valence-corrected chi connectivity index (χ4v) is 3.39. The van der Waals surface area contributed by atoms with E-state index in [4.69, 9.17) is 11.6 Å². The molecule has 3 heterocycles. The lowest BCUT2D eigenvalue weighted by molar-refractivity contribution is 0.103. The number of rotatable bonds is 0. The zero-order valence-corrected chi connectivity index (χ0v) is 13.2. The van der Waals surface area contributed by atoms with Crippen LogP contribution in [0.15, 0.2) is 47.3 Å². The second-order valence-electron chi connectivity index (χ2n) is 5.71. The third-order valence-electron chi connectivity index (χ3n) is 4.30. The van der Waals surface area contributed by atoms with Crippen molar-refractivity contribution in [2.24, 2.45) is 0 Å². The molecule has 2 aromatic carbocycles. The van der Waals surface area contributed by atoms with Crippen LogP contribution < -0.4 is 5.56 Å². The maximum absolute atomic E-state index is 13.7. The molecule has 0 saturated carbocycles. The molecule has 0 aliphatic carbocycles. The molecule has 25 heavy (non-hydrogen) atoms. The monoisotopic (exact) mass is 351 g/mol. The molecule has 0 unspecified atom stereocenters. The van der Waals surface area contributed by atoms with Gasteiger partial charge in [-0.05, 0) is 24.3 Å². The number of carbonyl (C=O) groups excluding carboxylic acids is 1. The maximum atomic E-state index is 13.7. The Morgan fingerprint density at radius 3 is 2.68 bits per heavy atom. The quantitative estimate of drug-likeness (QED) is 0.402. The fraction of sp³-hybridized carbons (Fsp3) is 0. The molecule has 0 atom stereocenters. The first kappa shape index (κ1) is 14.2. The van der Waals surface area contributed by atoms with E-state index >= 15 is 0 Å². The van der Waals surface area contributed by atoms with Crippen LogP contribution in [0.2, 0.25) is 5.02 Å². The number of nitrogens with zero attached hydrogens (tertiary/aromatic N) is 3. The van der Waals surface area contributed by atoms with Gasteiger partial charge in [0.05, 0.1) is 27.2 Å². The molecule has 0 saturated heterocycles. The number of hydrogen-bond acceptors (Lipinski definition) is 4. The average molecular weight is 352 g/mol. The first-order valence-electron chi connectivity index (χ1n) is 7.42. The summed E-state index contributed by atoms with van der Waals surface area (Å²) in [7, 11) is 0. The van der Waals surface area contributed by atoms with E-state index in [1.54, 1.807) is 12.1 Å². The minimum atomic E-state index is -0.719. The van der Waals surface area contributed by atoms with Crippen LogP contribution >= 0.6 is 11.6 Å². The number of carbonyl (C=O) groups is 1. The van der Waals surface area contributed by atoms with Crippen molar-refractivity contribution in [3.05, 3.63) is 75.0 Å². The zero-order chi connectivity index (χ0) is 17.3. The van der Waals surface area contributed by atoms with Gasteiger partial charge in [-0.2, -0.15) is 0 Å². The number of halogens is 2. The maximum Gasteiger partial charge on any atom is 0.268 e. The summed E-state index contributed by atoms with van der Waals surface area (Å²) in [6.45, 7) is 0. The number of benzene rings is 2. The summed E-state index contributed by atoms with van der Waals surface area (Å²) in [4.78, 5) is 34.2. The van der Waals surface area contributed by atoms with Crippen molar-refractivity contribution in [3.63, 3.8) is 0 Å². The number of hydrogen-bond donors (Lipinski definition) is 0. The predicted octanol–water partition coefficient (Wildman–Crippen LogP) is 3.27. The number of pyridine rings is 1. The van der Waals surface area contributed by atoms with E-state index in [-0.39, 0.29) is 33.1 Å². The van der Waals surface area contributed by atoms with Gasteiger partial charge in [0.2, 0.25) is 5.78 Å². The SMILES string of the molecule is O=C1c2c(ccc(F)c2Cl)-n2c1nc1nc3ccccc3cc1c2=O. The molecule has 0 radical (unpaired) electrons. The van der Waals surface area contributed by atoms with Crippen LogP contribution in [-0.2, 0) is 0 Å². The van der Waals surface area contributed by atoms with E-state index < -0.39 is 17.2 Å². The zero-order valence-electron chi connectivity index (χ0n) is 12.5. The summed E-state index contributed by atoms with van der Waals surface area (Å²) in [6, 6.07) is 11.5. The topological polar surface area (TPSA) is 64.8 Å². The molecule has 7 heteroatoms. The van der Waals surface area contributed by atoms with Gasteiger partial charge in [0, 0.05) is 5.39 Å². The van der Waals surface area contributed by atoms with E-state index in [1.165, 1.54) is 10.6 Å². The Kier molecular flexibility index (Phi) is 2.68. The van der Waals surface area contributed by atoms with Gasteiger partial charge in [-0.25, -0.2) is 14.4 Å². The van der Waals surface area contributed by atoms with Crippen LogP contribution in [-0.4, -0.2) is 20.3 Å². The Balaban J connectivity index is 1.95. The van der Waals surface area contributed by atoms with E-state index in [9.17, 15) is 14.0 Å². The molecule has 0 bridgehead atoms. The van der Waals surface area contributed by atoms with Crippen molar-refractivity contribution in [1.82, 2.24) is 14.5 Å².